The molecule has 0 aromatic heterocycles. The molecular weight excluding hydrogens is 278 g/mol. The van der Waals surface area contributed by atoms with E-state index < -0.39 is 6.61 Å². The highest BCUT2D eigenvalue weighted by Gasteiger charge is 2.23. The molecule has 21 heavy (non-hydrogen) atoms. The molecule has 6 heteroatoms. The zero-order valence-electron chi connectivity index (χ0n) is 12.0. The van der Waals surface area contributed by atoms with Gasteiger partial charge in [0.15, 0.2) is 0 Å². The second-order valence-corrected chi connectivity index (χ2v) is 5.22. The van der Waals surface area contributed by atoms with Crippen LogP contribution in [0.3, 0.4) is 0 Å². The molecule has 4 nitrogen and oxygen atoms in total. The third-order valence-corrected chi connectivity index (χ3v) is 3.55. The van der Waals surface area contributed by atoms with E-state index in [0.717, 1.165) is 31.4 Å². The maximum Gasteiger partial charge on any atom is 0.387 e. The molecular formula is C15H20F2N2O2. The van der Waals surface area contributed by atoms with Gasteiger partial charge in [-0.1, -0.05) is 18.6 Å². The number of likely N-dealkylation sites (N-methyl/N-ethyl adjacent to an activating group) is 1. The fraction of sp³-hybridized carbons (Fsp3) is 0.533. The molecule has 1 aromatic rings. The molecule has 0 aliphatic carbocycles. The van der Waals surface area contributed by atoms with Crippen LogP contribution in [-0.2, 0) is 11.3 Å². The van der Waals surface area contributed by atoms with E-state index in [4.69, 9.17) is 0 Å². The summed E-state index contributed by atoms with van der Waals surface area (Å²) in [5, 5.41) is 3.22. The number of ether oxygens (including phenoxy) is 1. The van der Waals surface area contributed by atoms with Gasteiger partial charge in [0.2, 0.25) is 5.91 Å². The normalized spacial score (nSPS) is 18.6. The summed E-state index contributed by atoms with van der Waals surface area (Å²) >= 11 is 0. The summed E-state index contributed by atoms with van der Waals surface area (Å²) in [5.41, 5.74) is 0.878. The van der Waals surface area contributed by atoms with E-state index in [2.05, 4.69) is 10.1 Å². The smallest absolute Gasteiger partial charge is 0.387 e. The molecule has 1 amide bonds. The van der Waals surface area contributed by atoms with Gasteiger partial charge in [0.1, 0.15) is 5.75 Å². The summed E-state index contributed by atoms with van der Waals surface area (Å²) in [7, 11) is 1.75. The van der Waals surface area contributed by atoms with E-state index in [0.29, 0.717) is 6.54 Å². The Labute approximate surface area is 123 Å². The molecule has 2 rings (SSSR count). The fourth-order valence-electron chi connectivity index (χ4n) is 2.46. The summed E-state index contributed by atoms with van der Waals surface area (Å²) < 4.78 is 28.4. The molecule has 1 heterocycles. The number of benzene rings is 1. The molecule has 0 spiro atoms. The Morgan fingerprint density at radius 1 is 1.38 bits per heavy atom. The lowest BCUT2D eigenvalue weighted by Gasteiger charge is -2.27. The van der Waals surface area contributed by atoms with Crippen LogP contribution in [0.1, 0.15) is 24.8 Å². The minimum atomic E-state index is -2.82. The van der Waals surface area contributed by atoms with Gasteiger partial charge in [-0.25, -0.2) is 0 Å². The molecule has 1 aromatic carbocycles. The van der Waals surface area contributed by atoms with Crippen molar-refractivity contribution >= 4 is 5.91 Å². The van der Waals surface area contributed by atoms with Crippen molar-refractivity contribution in [3.63, 3.8) is 0 Å². The Balaban J connectivity index is 1.89. The molecule has 1 aliphatic heterocycles. The van der Waals surface area contributed by atoms with Crippen molar-refractivity contribution in [1.82, 2.24) is 10.2 Å². The van der Waals surface area contributed by atoms with Crippen molar-refractivity contribution in [2.45, 2.75) is 38.5 Å². The van der Waals surface area contributed by atoms with E-state index in [1.807, 2.05) is 0 Å². The Hall–Kier alpha value is -1.69. The Kier molecular flexibility index (Phi) is 5.50. The van der Waals surface area contributed by atoms with Crippen LogP contribution in [0.2, 0.25) is 0 Å². The number of rotatable bonds is 5. The van der Waals surface area contributed by atoms with Crippen LogP contribution in [0.5, 0.6) is 5.75 Å². The predicted octanol–water partition coefficient (Wildman–Crippen LogP) is 2.39. The number of amides is 1. The molecule has 0 unspecified atom stereocenters. The number of piperidine rings is 1. The Bertz CT molecular complexity index is 459. The Morgan fingerprint density at radius 3 is 2.67 bits per heavy atom. The molecule has 1 N–H and O–H groups in total. The van der Waals surface area contributed by atoms with Gasteiger partial charge in [-0.2, -0.15) is 8.78 Å². The van der Waals surface area contributed by atoms with Gasteiger partial charge in [-0.05, 0) is 37.1 Å². The van der Waals surface area contributed by atoms with Crippen molar-refractivity contribution in [3.8, 4) is 5.75 Å². The van der Waals surface area contributed by atoms with Crippen LogP contribution >= 0.6 is 0 Å². The lowest BCUT2D eigenvalue weighted by molar-refractivity contribution is -0.133. The number of carbonyl (C=O) groups is 1. The summed E-state index contributed by atoms with van der Waals surface area (Å²) in [4.78, 5) is 13.9. The first kappa shape index (κ1) is 15.7. The molecule has 0 saturated carbocycles. The van der Waals surface area contributed by atoms with Crippen LogP contribution in [-0.4, -0.2) is 37.1 Å². The predicted molar refractivity (Wildman–Crippen MR) is 75.2 cm³/mol. The topological polar surface area (TPSA) is 41.6 Å². The lowest BCUT2D eigenvalue weighted by atomic mass is 10.0. The molecule has 0 radical (unpaired) electrons. The number of carbonyl (C=O) groups excluding carboxylic acids is 1. The van der Waals surface area contributed by atoms with Crippen LogP contribution in [0.25, 0.3) is 0 Å². The van der Waals surface area contributed by atoms with Gasteiger partial charge in [-0.3, -0.25) is 4.79 Å². The summed E-state index contributed by atoms with van der Waals surface area (Å²) in [6.45, 7) is -1.49. The average molecular weight is 298 g/mol. The summed E-state index contributed by atoms with van der Waals surface area (Å²) in [6.07, 6.45) is 3.04. The Morgan fingerprint density at radius 2 is 2.10 bits per heavy atom. The van der Waals surface area contributed by atoms with E-state index >= 15 is 0 Å². The van der Waals surface area contributed by atoms with Crippen LogP contribution in [0, 0.1) is 0 Å². The highest BCUT2D eigenvalue weighted by Crippen LogP contribution is 2.16. The van der Waals surface area contributed by atoms with Crippen molar-refractivity contribution in [2.24, 2.45) is 0 Å². The highest BCUT2D eigenvalue weighted by atomic mass is 19.3. The van der Waals surface area contributed by atoms with E-state index in [-0.39, 0.29) is 17.7 Å². The zero-order chi connectivity index (χ0) is 15.2. The lowest BCUT2D eigenvalue weighted by Crippen LogP contribution is -2.46. The standard InChI is InChI=1S/C15H20F2N2O2/c1-19(14(20)13-4-2-3-9-18-13)10-11-5-7-12(8-6-11)21-15(16)17/h5-8,13,15,18H,2-4,9-10H2,1H3/t13-/m0/s1. The number of nitrogens with one attached hydrogen (secondary N) is 1. The van der Waals surface area contributed by atoms with Gasteiger partial charge in [0.05, 0.1) is 6.04 Å². The second-order valence-electron chi connectivity index (χ2n) is 5.22. The fourth-order valence-corrected chi connectivity index (χ4v) is 2.46. The second kappa shape index (κ2) is 7.36. The van der Waals surface area contributed by atoms with Crippen LogP contribution in [0.15, 0.2) is 24.3 Å². The van der Waals surface area contributed by atoms with E-state index in [1.54, 1.807) is 24.1 Å². The highest BCUT2D eigenvalue weighted by molar-refractivity contribution is 5.81. The molecule has 1 aliphatic rings. The monoisotopic (exact) mass is 298 g/mol. The number of alkyl halides is 2. The maximum atomic E-state index is 12.3. The minimum absolute atomic E-state index is 0.0719. The first-order chi connectivity index (χ1) is 10.1. The van der Waals surface area contributed by atoms with E-state index in [1.165, 1.54) is 12.1 Å². The maximum absolute atomic E-state index is 12.3. The van der Waals surface area contributed by atoms with Gasteiger partial charge >= 0.3 is 6.61 Å². The van der Waals surface area contributed by atoms with Crippen LogP contribution in [0.4, 0.5) is 8.78 Å². The zero-order valence-corrected chi connectivity index (χ0v) is 12.0. The molecule has 1 fully saturated rings. The van der Waals surface area contributed by atoms with Crippen molar-refractivity contribution in [1.29, 1.82) is 0 Å². The number of nitrogens with zero attached hydrogens (tertiary/aromatic N) is 1. The van der Waals surface area contributed by atoms with Crippen molar-refractivity contribution in [3.05, 3.63) is 29.8 Å². The van der Waals surface area contributed by atoms with E-state index in [9.17, 15) is 13.6 Å². The first-order valence-electron chi connectivity index (χ1n) is 7.08. The van der Waals surface area contributed by atoms with Crippen LogP contribution < -0.4 is 10.1 Å². The third kappa shape index (κ3) is 4.67. The largest absolute Gasteiger partial charge is 0.435 e. The van der Waals surface area contributed by atoms with Gasteiger partial charge in [-0.15, -0.1) is 0 Å². The van der Waals surface area contributed by atoms with Gasteiger partial charge in [0, 0.05) is 13.6 Å². The summed E-state index contributed by atoms with van der Waals surface area (Å²) in [6, 6.07) is 6.24. The average Bonchev–Trinajstić information content (AvgIpc) is 2.49. The first-order valence-corrected chi connectivity index (χ1v) is 7.08. The summed E-state index contributed by atoms with van der Waals surface area (Å²) in [5.74, 6) is 0.194. The quantitative estimate of drug-likeness (QED) is 0.907. The molecule has 1 saturated heterocycles. The number of halogens is 2. The van der Waals surface area contributed by atoms with Gasteiger partial charge < -0.3 is 15.0 Å². The molecule has 1 atom stereocenters. The SMILES string of the molecule is CN(Cc1ccc(OC(F)F)cc1)C(=O)[C@@H]1CCCCN1. The molecule has 0 bridgehead atoms. The van der Waals surface area contributed by atoms with Crippen molar-refractivity contribution in [2.75, 3.05) is 13.6 Å². The molecule has 116 valence electrons. The number of hydrogen-bond donors (Lipinski definition) is 1. The third-order valence-electron chi connectivity index (χ3n) is 3.55. The van der Waals surface area contributed by atoms with Gasteiger partial charge in [0.25, 0.3) is 0 Å². The minimum Gasteiger partial charge on any atom is -0.435 e. The van der Waals surface area contributed by atoms with Crippen molar-refractivity contribution < 1.29 is 18.3 Å². The number of hydrogen-bond acceptors (Lipinski definition) is 3.